The van der Waals surface area contributed by atoms with Crippen LogP contribution in [0.1, 0.15) is 20.2 Å². The second-order valence-corrected chi connectivity index (χ2v) is 2.12. The van der Waals surface area contributed by atoms with Crippen molar-refractivity contribution in [3.63, 3.8) is 0 Å². The Hall–Kier alpha value is -1.51. The van der Waals surface area contributed by atoms with E-state index >= 15 is 0 Å². The average molecular weight is 169 g/mol. The number of hydrogen-bond donors (Lipinski definition) is 1. The van der Waals surface area contributed by atoms with Gasteiger partial charge in [0.25, 0.3) is 0 Å². The molecule has 1 aromatic carbocycles. The van der Waals surface area contributed by atoms with Crippen LogP contribution in [0, 0.1) is 0 Å². The summed E-state index contributed by atoms with van der Waals surface area (Å²) in [5.41, 5.74) is -0.685. The zero-order valence-electron chi connectivity index (χ0n) is 12.0. The molecule has 0 aromatic heterocycles. The third-order valence-electron chi connectivity index (χ3n) is 1.45. The van der Waals surface area contributed by atoms with Crippen LogP contribution in [0.3, 0.4) is 0 Å². The first kappa shape index (κ1) is 3.09. The number of oxime groups is 1. The molecular formula is C9H9NO2. The molecule has 0 saturated heterocycles. The molecule has 0 aliphatic carbocycles. The molecule has 1 N–H and O–H groups in total. The summed E-state index contributed by atoms with van der Waals surface area (Å²) in [7, 11) is 0. The first-order valence-corrected chi connectivity index (χ1v) is 3.27. The van der Waals surface area contributed by atoms with Crippen molar-refractivity contribution in [2.75, 3.05) is 6.61 Å². The lowest BCUT2D eigenvalue weighted by atomic mass is 10.0. The van der Waals surface area contributed by atoms with E-state index in [2.05, 4.69) is 5.16 Å². The molecule has 0 atom stereocenters. The van der Waals surface area contributed by atoms with Crippen LogP contribution in [0.5, 0.6) is 5.75 Å². The molecule has 1 heterocycles. The monoisotopic (exact) mass is 169 g/mol. The summed E-state index contributed by atoms with van der Waals surface area (Å²) in [5, 5.41) is 11.7. The van der Waals surface area contributed by atoms with Crippen LogP contribution in [-0.2, 0) is 0 Å². The lowest BCUT2D eigenvalue weighted by Gasteiger charge is -2.17. The van der Waals surface area contributed by atoms with Crippen molar-refractivity contribution in [3.8, 4) is 5.75 Å². The lowest BCUT2D eigenvalue weighted by Crippen LogP contribution is -2.15. The van der Waals surface area contributed by atoms with E-state index in [1.807, 2.05) is 0 Å². The molecule has 0 bridgehead atoms. The summed E-state index contributed by atoms with van der Waals surface area (Å²) in [6, 6.07) is -1.90. The van der Waals surface area contributed by atoms with Gasteiger partial charge in [0.1, 0.15) is 5.75 Å². The average Bonchev–Trinajstić information content (AvgIpc) is 2.32. The minimum Gasteiger partial charge on any atom is -0.492 e. The normalized spacial score (nSPS) is 29.8. The maximum absolute atomic E-state index is 8.89. The predicted molar refractivity (Wildman–Crippen MR) is 44.9 cm³/mol. The van der Waals surface area contributed by atoms with Gasteiger partial charge in [0.2, 0.25) is 0 Å². The third-order valence-corrected chi connectivity index (χ3v) is 1.45. The maximum Gasteiger partial charge on any atom is 0.128 e. The van der Waals surface area contributed by atoms with Crippen LogP contribution in [0.15, 0.2) is 29.3 Å². The second-order valence-electron chi connectivity index (χ2n) is 2.12. The van der Waals surface area contributed by atoms with Gasteiger partial charge in [-0.1, -0.05) is 17.2 Å². The SMILES string of the molecule is [2H]c1c([2H])c([2H])c2c(c1[2H])OCC([2H])([2H])/C2=N\O. The van der Waals surface area contributed by atoms with E-state index in [9.17, 15) is 0 Å². The molecule has 3 heteroatoms. The minimum atomic E-state index is -2.11. The number of ether oxygens (including phenoxy) is 1. The van der Waals surface area contributed by atoms with Crippen molar-refractivity contribution < 1.29 is 18.2 Å². The third kappa shape index (κ3) is 1.03. The van der Waals surface area contributed by atoms with Crippen LogP contribution in [0.25, 0.3) is 0 Å². The summed E-state index contributed by atoms with van der Waals surface area (Å²) in [5.74, 6) is -0.191. The number of nitrogens with zero attached hydrogens (tertiary/aromatic N) is 1. The maximum atomic E-state index is 8.89. The van der Waals surface area contributed by atoms with Crippen molar-refractivity contribution in [2.45, 2.75) is 6.37 Å². The van der Waals surface area contributed by atoms with Crippen LogP contribution >= 0.6 is 0 Å². The van der Waals surface area contributed by atoms with E-state index in [-0.39, 0.29) is 11.3 Å². The Morgan fingerprint density at radius 3 is 3.25 bits per heavy atom. The number of hydrogen-bond acceptors (Lipinski definition) is 3. The van der Waals surface area contributed by atoms with Gasteiger partial charge in [0.05, 0.1) is 17.8 Å². The summed E-state index contributed by atoms with van der Waals surface area (Å²) < 4.78 is 50.6. The van der Waals surface area contributed by atoms with Crippen molar-refractivity contribution in [2.24, 2.45) is 5.16 Å². The highest BCUT2D eigenvalue weighted by molar-refractivity contribution is 6.03. The molecule has 0 amide bonds. The van der Waals surface area contributed by atoms with Crippen molar-refractivity contribution in [1.29, 1.82) is 0 Å². The molecule has 62 valence electrons. The first-order chi connectivity index (χ1) is 8.31. The Kier molecular flexibility index (Phi) is 0.734. The number of fused-ring (bicyclic) bond motifs is 1. The van der Waals surface area contributed by atoms with Gasteiger partial charge < -0.3 is 9.94 Å². The zero-order valence-corrected chi connectivity index (χ0v) is 6.01. The Morgan fingerprint density at radius 2 is 2.42 bits per heavy atom. The van der Waals surface area contributed by atoms with Crippen LogP contribution < -0.4 is 4.74 Å². The van der Waals surface area contributed by atoms with Gasteiger partial charge in [0.15, 0.2) is 0 Å². The van der Waals surface area contributed by atoms with Gasteiger partial charge in [-0.05, 0) is 12.1 Å². The van der Waals surface area contributed by atoms with Gasteiger partial charge in [-0.2, -0.15) is 0 Å². The first-order valence-electron chi connectivity index (χ1n) is 6.27. The minimum absolute atomic E-state index is 0.191. The molecule has 12 heavy (non-hydrogen) atoms. The molecule has 2 rings (SSSR count). The van der Waals surface area contributed by atoms with E-state index in [0.29, 0.717) is 0 Å². The van der Waals surface area contributed by atoms with Crippen LogP contribution in [0.4, 0.5) is 0 Å². The second kappa shape index (κ2) is 2.85. The van der Waals surface area contributed by atoms with Crippen LogP contribution in [-0.4, -0.2) is 17.5 Å². The lowest BCUT2D eigenvalue weighted by molar-refractivity contribution is 0.298. The Morgan fingerprint density at radius 1 is 1.58 bits per heavy atom. The van der Waals surface area contributed by atoms with Gasteiger partial charge in [-0.3, -0.25) is 0 Å². The van der Waals surface area contributed by atoms with Gasteiger partial charge in [-0.15, -0.1) is 0 Å². The molecule has 0 radical (unpaired) electrons. The number of benzene rings is 1. The van der Waals surface area contributed by atoms with Gasteiger partial charge >= 0.3 is 0 Å². The van der Waals surface area contributed by atoms with E-state index in [1.54, 1.807) is 0 Å². The zero-order chi connectivity index (χ0) is 13.7. The highest BCUT2D eigenvalue weighted by Gasteiger charge is 2.15. The molecular weight excluding hydrogens is 154 g/mol. The largest absolute Gasteiger partial charge is 0.492 e. The summed E-state index contributed by atoms with van der Waals surface area (Å²) in [6.07, 6.45) is -2.11. The quantitative estimate of drug-likeness (QED) is 0.474. The highest BCUT2D eigenvalue weighted by atomic mass is 16.5. The Balaban J connectivity index is 2.83. The van der Waals surface area contributed by atoms with E-state index in [4.69, 9.17) is 18.2 Å². The van der Waals surface area contributed by atoms with E-state index < -0.39 is 42.9 Å². The smallest absolute Gasteiger partial charge is 0.128 e. The number of rotatable bonds is 0. The van der Waals surface area contributed by atoms with E-state index in [1.165, 1.54) is 0 Å². The predicted octanol–water partition coefficient (Wildman–Crippen LogP) is 1.65. The molecule has 3 nitrogen and oxygen atoms in total. The van der Waals surface area contributed by atoms with Gasteiger partial charge in [-0.25, -0.2) is 0 Å². The van der Waals surface area contributed by atoms with Crippen molar-refractivity contribution in [1.82, 2.24) is 0 Å². The summed E-state index contributed by atoms with van der Waals surface area (Å²) in [6.45, 7) is -0.471. The molecule has 1 aliphatic rings. The molecule has 1 aliphatic heterocycles. The Labute approximate surface area is 78.7 Å². The summed E-state index contributed by atoms with van der Waals surface area (Å²) >= 11 is 0. The molecule has 1 aromatic rings. The number of para-hydroxylation sites is 1. The highest BCUT2D eigenvalue weighted by Crippen LogP contribution is 2.23. The van der Waals surface area contributed by atoms with Crippen molar-refractivity contribution >= 4 is 5.71 Å². The molecule has 0 unspecified atom stereocenters. The van der Waals surface area contributed by atoms with Crippen molar-refractivity contribution in [3.05, 3.63) is 29.7 Å². The molecule has 0 saturated carbocycles. The summed E-state index contributed by atoms with van der Waals surface area (Å²) in [4.78, 5) is 0. The van der Waals surface area contributed by atoms with Crippen LogP contribution in [0.2, 0.25) is 0 Å². The fourth-order valence-electron chi connectivity index (χ4n) is 0.926. The molecule has 0 fully saturated rings. The van der Waals surface area contributed by atoms with E-state index in [0.717, 1.165) is 0 Å². The van der Waals surface area contributed by atoms with Gasteiger partial charge in [0, 0.05) is 14.7 Å². The Bertz CT molecular complexity index is 557. The standard InChI is InChI=1S/C9H9NO2/c11-10-8-5-6-12-9-4-2-1-3-7(8)9/h1-4,11H,5-6H2/b10-8+/i1D,2D,3D,4D,5D2. The fraction of sp³-hybridized carbons (Fsp3) is 0.222. The topological polar surface area (TPSA) is 41.8 Å². The fourth-order valence-corrected chi connectivity index (χ4v) is 0.926. The molecule has 0 spiro atoms.